The van der Waals surface area contributed by atoms with Gasteiger partial charge in [-0.15, -0.1) is 0 Å². The van der Waals surface area contributed by atoms with Crippen LogP contribution in [-0.2, 0) is 6.42 Å². The molecule has 1 heterocycles. The monoisotopic (exact) mass is 296 g/mol. The lowest BCUT2D eigenvalue weighted by Gasteiger charge is -2.28. The second-order valence-corrected chi connectivity index (χ2v) is 6.02. The van der Waals surface area contributed by atoms with Gasteiger partial charge in [-0.1, -0.05) is 48.5 Å². The topological polar surface area (TPSA) is 15.3 Å². The van der Waals surface area contributed by atoms with E-state index in [0.717, 1.165) is 11.5 Å². The highest BCUT2D eigenvalue weighted by atomic mass is 32.1. The first-order valence-corrected chi connectivity index (χ1v) is 7.80. The maximum Gasteiger partial charge on any atom is 0.174 e. The predicted octanol–water partition coefficient (Wildman–Crippen LogP) is 4.07. The van der Waals surface area contributed by atoms with Crippen molar-refractivity contribution in [2.45, 2.75) is 32.4 Å². The Morgan fingerprint density at radius 2 is 1.81 bits per heavy atom. The van der Waals surface area contributed by atoms with Crippen LogP contribution in [0.25, 0.3) is 0 Å². The normalized spacial score (nSPS) is 18.2. The highest BCUT2D eigenvalue weighted by molar-refractivity contribution is 7.80. The number of benzene rings is 2. The SMILES string of the molecule is CC(NC(=S)N1c2ccccc2CC1C)c1ccccc1. The van der Waals surface area contributed by atoms with Crippen LogP contribution >= 0.6 is 12.2 Å². The zero-order valence-corrected chi connectivity index (χ0v) is 13.2. The summed E-state index contributed by atoms with van der Waals surface area (Å²) in [6, 6.07) is 19.5. The molecule has 21 heavy (non-hydrogen) atoms. The maximum atomic E-state index is 5.66. The van der Waals surface area contributed by atoms with Gasteiger partial charge in [-0.3, -0.25) is 0 Å². The van der Waals surface area contributed by atoms with Crippen LogP contribution in [0.1, 0.15) is 31.0 Å². The molecule has 2 unspecified atom stereocenters. The largest absolute Gasteiger partial charge is 0.356 e. The van der Waals surface area contributed by atoms with Crippen molar-refractivity contribution in [3.8, 4) is 0 Å². The molecule has 2 nitrogen and oxygen atoms in total. The second-order valence-electron chi connectivity index (χ2n) is 5.63. The molecule has 2 aromatic carbocycles. The summed E-state index contributed by atoms with van der Waals surface area (Å²) in [7, 11) is 0. The van der Waals surface area contributed by atoms with Gasteiger partial charge in [-0.05, 0) is 49.7 Å². The van der Waals surface area contributed by atoms with Gasteiger partial charge in [0.1, 0.15) is 0 Å². The first-order valence-electron chi connectivity index (χ1n) is 7.39. The van der Waals surface area contributed by atoms with E-state index in [4.69, 9.17) is 12.2 Å². The third-order valence-corrected chi connectivity index (χ3v) is 4.38. The molecule has 0 aromatic heterocycles. The van der Waals surface area contributed by atoms with Crippen molar-refractivity contribution in [3.63, 3.8) is 0 Å². The number of hydrogen-bond acceptors (Lipinski definition) is 1. The molecule has 0 saturated heterocycles. The lowest BCUT2D eigenvalue weighted by Crippen LogP contribution is -2.43. The molecule has 0 saturated carbocycles. The van der Waals surface area contributed by atoms with E-state index in [-0.39, 0.29) is 6.04 Å². The summed E-state index contributed by atoms with van der Waals surface area (Å²) in [5, 5.41) is 4.28. The van der Waals surface area contributed by atoms with Gasteiger partial charge in [0, 0.05) is 11.7 Å². The number of para-hydroxylation sites is 1. The Hall–Kier alpha value is -1.87. The smallest absolute Gasteiger partial charge is 0.174 e. The fourth-order valence-corrected chi connectivity index (χ4v) is 3.41. The molecule has 2 aromatic rings. The minimum atomic E-state index is 0.207. The van der Waals surface area contributed by atoms with E-state index in [1.165, 1.54) is 16.8 Å². The summed E-state index contributed by atoms with van der Waals surface area (Å²) in [5.41, 5.74) is 3.87. The van der Waals surface area contributed by atoms with Crippen LogP contribution in [0.15, 0.2) is 54.6 Å². The zero-order chi connectivity index (χ0) is 14.8. The molecular formula is C18H20N2S. The Balaban J connectivity index is 1.77. The van der Waals surface area contributed by atoms with Gasteiger partial charge in [0.15, 0.2) is 5.11 Å². The fourth-order valence-electron chi connectivity index (χ4n) is 2.95. The molecule has 0 amide bonds. The summed E-state index contributed by atoms with van der Waals surface area (Å²) in [6.07, 6.45) is 1.05. The van der Waals surface area contributed by atoms with Crippen LogP contribution in [-0.4, -0.2) is 11.2 Å². The van der Waals surface area contributed by atoms with E-state index in [2.05, 4.69) is 72.6 Å². The number of fused-ring (bicyclic) bond motifs is 1. The molecule has 1 aliphatic heterocycles. The van der Waals surface area contributed by atoms with Crippen molar-refractivity contribution in [1.29, 1.82) is 0 Å². The number of thiocarbonyl (C=S) groups is 1. The van der Waals surface area contributed by atoms with Gasteiger partial charge >= 0.3 is 0 Å². The van der Waals surface area contributed by atoms with Crippen LogP contribution < -0.4 is 10.2 Å². The average Bonchev–Trinajstić information content (AvgIpc) is 2.83. The molecule has 0 spiro atoms. The van der Waals surface area contributed by atoms with Crippen molar-refractivity contribution in [2.75, 3.05) is 4.90 Å². The Morgan fingerprint density at radius 3 is 2.57 bits per heavy atom. The minimum Gasteiger partial charge on any atom is -0.356 e. The van der Waals surface area contributed by atoms with Gasteiger partial charge < -0.3 is 10.2 Å². The number of anilines is 1. The third-order valence-electron chi connectivity index (χ3n) is 4.07. The van der Waals surface area contributed by atoms with Crippen molar-refractivity contribution < 1.29 is 0 Å². The maximum absolute atomic E-state index is 5.66. The van der Waals surface area contributed by atoms with Gasteiger partial charge in [0.05, 0.1) is 6.04 Å². The average molecular weight is 296 g/mol. The van der Waals surface area contributed by atoms with E-state index in [0.29, 0.717) is 6.04 Å². The molecule has 0 radical (unpaired) electrons. The van der Waals surface area contributed by atoms with Crippen molar-refractivity contribution in [1.82, 2.24) is 5.32 Å². The van der Waals surface area contributed by atoms with Gasteiger partial charge in [0.25, 0.3) is 0 Å². The van der Waals surface area contributed by atoms with Crippen LogP contribution in [0.2, 0.25) is 0 Å². The Bertz CT molecular complexity index is 639. The molecule has 3 rings (SSSR count). The molecule has 108 valence electrons. The molecular weight excluding hydrogens is 276 g/mol. The van der Waals surface area contributed by atoms with Crippen LogP contribution in [0.5, 0.6) is 0 Å². The summed E-state index contributed by atoms with van der Waals surface area (Å²) < 4.78 is 0. The Morgan fingerprint density at radius 1 is 1.14 bits per heavy atom. The number of nitrogens with one attached hydrogen (secondary N) is 1. The first kappa shape index (κ1) is 14.1. The summed E-state index contributed by atoms with van der Waals surface area (Å²) >= 11 is 5.66. The zero-order valence-electron chi connectivity index (χ0n) is 12.4. The number of hydrogen-bond donors (Lipinski definition) is 1. The second kappa shape index (κ2) is 5.86. The highest BCUT2D eigenvalue weighted by Crippen LogP contribution is 2.32. The van der Waals surface area contributed by atoms with Gasteiger partial charge in [-0.2, -0.15) is 0 Å². The highest BCUT2D eigenvalue weighted by Gasteiger charge is 2.28. The van der Waals surface area contributed by atoms with Crippen molar-refractivity contribution in [3.05, 3.63) is 65.7 Å². The van der Waals surface area contributed by atoms with E-state index in [1.807, 2.05) is 6.07 Å². The summed E-state index contributed by atoms with van der Waals surface area (Å²) in [6.45, 7) is 4.37. The molecule has 1 N–H and O–H groups in total. The Labute approximate surface area is 131 Å². The van der Waals surface area contributed by atoms with Crippen molar-refractivity contribution >= 4 is 23.0 Å². The summed E-state index contributed by atoms with van der Waals surface area (Å²) in [4.78, 5) is 2.24. The molecule has 2 atom stereocenters. The van der Waals surface area contributed by atoms with E-state index >= 15 is 0 Å². The van der Waals surface area contributed by atoms with Crippen LogP contribution in [0.3, 0.4) is 0 Å². The lowest BCUT2D eigenvalue weighted by atomic mass is 10.1. The predicted molar refractivity (Wildman–Crippen MR) is 92.7 cm³/mol. The minimum absolute atomic E-state index is 0.207. The number of rotatable bonds is 2. The van der Waals surface area contributed by atoms with E-state index < -0.39 is 0 Å². The van der Waals surface area contributed by atoms with E-state index in [1.54, 1.807) is 0 Å². The molecule has 1 aliphatic rings. The van der Waals surface area contributed by atoms with Gasteiger partial charge in [0.2, 0.25) is 0 Å². The lowest BCUT2D eigenvalue weighted by molar-refractivity contribution is 0.691. The summed E-state index contributed by atoms with van der Waals surface area (Å²) in [5.74, 6) is 0. The van der Waals surface area contributed by atoms with Crippen LogP contribution in [0, 0.1) is 0 Å². The molecule has 0 bridgehead atoms. The Kier molecular flexibility index (Phi) is 3.93. The standard InChI is InChI=1S/C18H20N2S/c1-13-12-16-10-6-7-11-17(16)20(13)18(21)19-14(2)15-8-4-3-5-9-15/h3-11,13-14H,12H2,1-2H3,(H,19,21). The van der Waals surface area contributed by atoms with Gasteiger partial charge in [-0.25, -0.2) is 0 Å². The van der Waals surface area contributed by atoms with Crippen molar-refractivity contribution in [2.24, 2.45) is 0 Å². The third kappa shape index (κ3) is 2.79. The molecule has 3 heteroatoms. The first-order chi connectivity index (χ1) is 10.2. The quantitative estimate of drug-likeness (QED) is 0.841. The molecule has 0 fully saturated rings. The van der Waals surface area contributed by atoms with E-state index in [9.17, 15) is 0 Å². The number of nitrogens with zero attached hydrogens (tertiary/aromatic N) is 1. The molecule has 0 aliphatic carbocycles. The fraction of sp³-hybridized carbons (Fsp3) is 0.278. The van der Waals surface area contributed by atoms with Crippen LogP contribution in [0.4, 0.5) is 5.69 Å².